The van der Waals surface area contributed by atoms with Gasteiger partial charge in [0.15, 0.2) is 0 Å². The Morgan fingerprint density at radius 1 is 1.17 bits per heavy atom. The van der Waals surface area contributed by atoms with Gasteiger partial charge in [-0.25, -0.2) is 0 Å². The number of aromatic nitrogens is 1. The third-order valence-corrected chi connectivity index (χ3v) is 5.98. The van der Waals surface area contributed by atoms with Gasteiger partial charge in [0, 0.05) is 30.0 Å². The number of nitrogens with zero attached hydrogens (tertiary/aromatic N) is 2. The van der Waals surface area contributed by atoms with E-state index in [1.54, 1.807) is 0 Å². The molecular formula is C19H23N3O2. The van der Waals surface area contributed by atoms with Crippen molar-refractivity contribution < 1.29 is 9.53 Å². The van der Waals surface area contributed by atoms with Crippen molar-refractivity contribution >= 4 is 16.8 Å². The molecule has 5 nitrogen and oxygen atoms in total. The van der Waals surface area contributed by atoms with Crippen molar-refractivity contribution in [1.82, 2.24) is 14.8 Å². The third kappa shape index (κ3) is 2.19. The van der Waals surface area contributed by atoms with Gasteiger partial charge in [0.05, 0.1) is 24.5 Å². The maximum Gasteiger partial charge on any atom is 0.254 e. The Labute approximate surface area is 141 Å². The summed E-state index contributed by atoms with van der Waals surface area (Å²) in [7, 11) is 0. The Hall–Kier alpha value is -1.85. The molecule has 4 aliphatic heterocycles. The van der Waals surface area contributed by atoms with Gasteiger partial charge in [-0.1, -0.05) is 18.2 Å². The first kappa shape index (κ1) is 14.5. The van der Waals surface area contributed by atoms with Crippen molar-refractivity contribution in [3.05, 3.63) is 35.5 Å². The second-order valence-corrected chi connectivity index (χ2v) is 7.26. The quantitative estimate of drug-likeness (QED) is 0.919. The predicted octanol–water partition coefficient (Wildman–Crippen LogP) is 2.00. The first-order chi connectivity index (χ1) is 11.8. The summed E-state index contributed by atoms with van der Waals surface area (Å²) >= 11 is 0. The summed E-state index contributed by atoms with van der Waals surface area (Å²) in [6.07, 6.45) is 2.42. The van der Waals surface area contributed by atoms with Crippen LogP contribution in [0.3, 0.4) is 0 Å². The van der Waals surface area contributed by atoms with Gasteiger partial charge in [-0.2, -0.15) is 0 Å². The summed E-state index contributed by atoms with van der Waals surface area (Å²) in [5.41, 5.74) is 3.00. The molecule has 0 radical (unpaired) electrons. The van der Waals surface area contributed by atoms with E-state index in [-0.39, 0.29) is 5.91 Å². The van der Waals surface area contributed by atoms with Crippen LogP contribution in [0, 0.1) is 5.92 Å². The monoisotopic (exact) mass is 325 g/mol. The van der Waals surface area contributed by atoms with Crippen LogP contribution in [0.5, 0.6) is 0 Å². The zero-order valence-corrected chi connectivity index (χ0v) is 13.8. The first-order valence-corrected chi connectivity index (χ1v) is 9.02. The number of para-hydroxylation sites is 1. The molecule has 0 saturated carbocycles. The summed E-state index contributed by atoms with van der Waals surface area (Å²) in [4.78, 5) is 15.6. The zero-order valence-electron chi connectivity index (χ0n) is 13.8. The summed E-state index contributed by atoms with van der Waals surface area (Å²) in [5, 5.41) is 4.40. The molecule has 1 aromatic carbocycles. The van der Waals surface area contributed by atoms with Crippen LogP contribution in [0.1, 0.15) is 28.9 Å². The lowest BCUT2D eigenvalue weighted by Crippen LogP contribution is -2.57. The first-order valence-electron chi connectivity index (χ1n) is 9.02. The normalized spacial score (nSPS) is 28.8. The van der Waals surface area contributed by atoms with Crippen molar-refractivity contribution in [2.45, 2.75) is 32.0 Å². The number of hydrogen-bond donors (Lipinski definition) is 1. The van der Waals surface area contributed by atoms with E-state index in [1.165, 1.54) is 25.9 Å². The lowest BCUT2D eigenvalue weighted by Gasteiger charge is -2.44. The van der Waals surface area contributed by atoms with E-state index in [4.69, 9.17) is 4.74 Å². The van der Waals surface area contributed by atoms with Crippen LogP contribution in [0.15, 0.2) is 24.3 Å². The van der Waals surface area contributed by atoms with Gasteiger partial charge in [-0.15, -0.1) is 0 Å². The number of fused-ring (bicyclic) bond motifs is 6. The van der Waals surface area contributed by atoms with Gasteiger partial charge in [0.1, 0.15) is 0 Å². The Balaban J connectivity index is 1.51. The highest BCUT2D eigenvalue weighted by Crippen LogP contribution is 2.31. The number of ether oxygens (including phenoxy) is 1. The Bertz CT molecular complexity index is 789. The van der Waals surface area contributed by atoms with E-state index in [0.29, 0.717) is 25.2 Å². The van der Waals surface area contributed by atoms with Crippen molar-refractivity contribution in [1.29, 1.82) is 0 Å². The van der Waals surface area contributed by atoms with Crippen LogP contribution in [0.4, 0.5) is 0 Å². The molecule has 24 heavy (non-hydrogen) atoms. The van der Waals surface area contributed by atoms with E-state index >= 15 is 0 Å². The number of amides is 1. The number of hydrogen-bond acceptors (Lipinski definition) is 3. The fraction of sp³-hybridized carbons (Fsp3) is 0.526. The summed E-state index contributed by atoms with van der Waals surface area (Å²) in [6, 6.07) is 8.51. The van der Waals surface area contributed by atoms with Gasteiger partial charge in [0.2, 0.25) is 0 Å². The fourth-order valence-electron chi connectivity index (χ4n) is 4.71. The molecule has 1 N–H and O–H groups in total. The Kier molecular flexibility index (Phi) is 3.38. The lowest BCUT2D eigenvalue weighted by atomic mass is 9.84. The van der Waals surface area contributed by atoms with Gasteiger partial charge in [0.25, 0.3) is 5.91 Å². The molecule has 3 fully saturated rings. The molecule has 5 heterocycles. The van der Waals surface area contributed by atoms with Crippen LogP contribution in [0.25, 0.3) is 10.9 Å². The molecule has 6 rings (SSSR count). The fourth-order valence-corrected chi connectivity index (χ4v) is 4.71. The number of nitrogens with one attached hydrogen (secondary N) is 1. The van der Waals surface area contributed by atoms with E-state index in [1.807, 2.05) is 12.1 Å². The molecule has 126 valence electrons. The molecular weight excluding hydrogens is 302 g/mol. The molecule has 5 heteroatoms. The van der Waals surface area contributed by atoms with Crippen LogP contribution < -0.4 is 5.32 Å². The lowest BCUT2D eigenvalue weighted by molar-refractivity contribution is 0.0610. The number of rotatable bonds is 2. The Morgan fingerprint density at radius 3 is 2.79 bits per heavy atom. The number of carbonyl (C=O) groups excluding carboxylic acids is 1. The zero-order chi connectivity index (χ0) is 16.1. The summed E-state index contributed by atoms with van der Waals surface area (Å²) < 4.78 is 7.90. The van der Waals surface area contributed by atoms with Crippen LogP contribution >= 0.6 is 0 Å². The Morgan fingerprint density at radius 2 is 2.00 bits per heavy atom. The topological polar surface area (TPSA) is 46.5 Å². The molecule has 1 atom stereocenters. The van der Waals surface area contributed by atoms with Gasteiger partial charge in [-0.3, -0.25) is 4.79 Å². The molecule has 2 bridgehead atoms. The van der Waals surface area contributed by atoms with E-state index in [9.17, 15) is 4.79 Å². The highest BCUT2D eigenvalue weighted by atomic mass is 16.5. The summed E-state index contributed by atoms with van der Waals surface area (Å²) in [6.45, 7) is 5.44. The van der Waals surface area contributed by atoms with Crippen molar-refractivity contribution in [2.24, 2.45) is 5.92 Å². The van der Waals surface area contributed by atoms with Crippen molar-refractivity contribution in [3.8, 4) is 0 Å². The number of carbonyl (C=O) groups is 1. The minimum Gasteiger partial charge on any atom is -0.373 e. The molecule has 0 unspecified atom stereocenters. The number of piperidine rings is 3. The van der Waals surface area contributed by atoms with Gasteiger partial charge in [-0.05, 0) is 37.9 Å². The average molecular weight is 325 g/mol. The van der Waals surface area contributed by atoms with Crippen LogP contribution in [-0.2, 0) is 17.9 Å². The predicted molar refractivity (Wildman–Crippen MR) is 92.0 cm³/mol. The highest BCUT2D eigenvalue weighted by molar-refractivity contribution is 6.08. The largest absolute Gasteiger partial charge is 0.373 e. The average Bonchev–Trinajstić information content (AvgIpc) is 2.97. The molecule has 4 aliphatic rings. The highest BCUT2D eigenvalue weighted by Gasteiger charge is 2.36. The van der Waals surface area contributed by atoms with Gasteiger partial charge >= 0.3 is 0 Å². The molecule has 1 aromatic heterocycles. The van der Waals surface area contributed by atoms with E-state index in [0.717, 1.165) is 35.2 Å². The van der Waals surface area contributed by atoms with Gasteiger partial charge < -0.3 is 19.5 Å². The SMILES string of the molecule is O=C(N[C@H]1CN2CCC1CC2)c1c2n(c3ccccc13)CCOC2. The van der Waals surface area contributed by atoms with E-state index < -0.39 is 0 Å². The molecule has 2 aromatic rings. The minimum absolute atomic E-state index is 0.0733. The maximum atomic E-state index is 13.1. The smallest absolute Gasteiger partial charge is 0.254 e. The standard InChI is InChI=1S/C19H23N3O2/c23-19(20-15-11-21-7-5-13(15)6-8-21)18-14-3-1-2-4-16(14)22-9-10-24-12-17(18)22/h1-4,13,15H,5-12H2,(H,20,23)/t15-/m0/s1. The van der Waals surface area contributed by atoms with Crippen LogP contribution in [0.2, 0.25) is 0 Å². The molecule has 0 aliphatic carbocycles. The molecule has 1 amide bonds. The maximum absolute atomic E-state index is 13.1. The summed E-state index contributed by atoms with van der Waals surface area (Å²) in [5.74, 6) is 0.712. The number of benzene rings is 1. The van der Waals surface area contributed by atoms with Crippen molar-refractivity contribution in [2.75, 3.05) is 26.2 Å². The molecule has 0 spiro atoms. The van der Waals surface area contributed by atoms with Crippen molar-refractivity contribution in [3.63, 3.8) is 0 Å². The van der Waals surface area contributed by atoms with E-state index in [2.05, 4.69) is 26.9 Å². The second kappa shape index (κ2) is 5.60. The minimum atomic E-state index is 0.0733. The molecule has 3 saturated heterocycles. The third-order valence-electron chi connectivity index (χ3n) is 5.98. The van der Waals surface area contributed by atoms with Crippen LogP contribution in [-0.4, -0.2) is 47.7 Å². The second-order valence-electron chi connectivity index (χ2n) is 7.26.